The van der Waals surface area contributed by atoms with Gasteiger partial charge in [-0.05, 0) is 25.1 Å². The fraction of sp³-hybridized carbons (Fsp3) is 0.300. The molecule has 82 valence electrons. The SMILES string of the molecule is CC(N)CNc1ccc(Cl)cc1C(N)=O. The number of nitrogens with one attached hydrogen (secondary N) is 1. The number of hydrogen-bond donors (Lipinski definition) is 3. The van der Waals surface area contributed by atoms with Gasteiger partial charge in [0.1, 0.15) is 0 Å². The summed E-state index contributed by atoms with van der Waals surface area (Å²) < 4.78 is 0. The van der Waals surface area contributed by atoms with E-state index in [1.165, 1.54) is 6.07 Å². The van der Waals surface area contributed by atoms with Crippen molar-refractivity contribution in [2.75, 3.05) is 11.9 Å². The maximum absolute atomic E-state index is 11.1. The fourth-order valence-electron chi connectivity index (χ4n) is 1.15. The molecule has 0 bridgehead atoms. The van der Waals surface area contributed by atoms with Crippen molar-refractivity contribution >= 4 is 23.2 Å². The molecule has 15 heavy (non-hydrogen) atoms. The van der Waals surface area contributed by atoms with Crippen LogP contribution in [0.5, 0.6) is 0 Å². The van der Waals surface area contributed by atoms with Crippen LogP contribution < -0.4 is 16.8 Å². The van der Waals surface area contributed by atoms with E-state index in [-0.39, 0.29) is 6.04 Å². The molecule has 1 rings (SSSR count). The van der Waals surface area contributed by atoms with E-state index in [0.29, 0.717) is 22.8 Å². The van der Waals surface area contributed by atoms with Gasteiger partial charge in [-0.1, -0.05) is 11.6 Å². The average Bonchev–Trinajstić information content (AvgIpc) is 2.15. The van der Waals surface area contributed by atoms with E-state index in [1.807, 2.05) is 6.92 Å². The summed E-state index contributed by atoms with van der Waals surface area (Å²) in [5, 5.41) is 3.52. The van der Waals surface area contributed by atoms with Gasteiger partial charge in [0, 0.05) is 23.3 Å². The van der Waals surface area contributed by atoms with Gasteiger partial charge in [-0.3, -0.25) is 4.79 Å². The average molecular weight is 228 g/mol. The lowest BCUT2D eigenvalue weighted by molar-refractivity contribution is 0.100. The Kier molecular flexibility index (Phi) is 3.94. The van der Waals surface area contributed by atoms with Gasteiger partial charge in [0.25, 0.3) is 5.91 Å². The van der Waals surface area contributed by atoms with Crippen molar-refractivity contribution in [2.24, 2.45) is 11.5 Å². The van der Waals surface area contributed by atoms with Crippen molar-refractivity contribution in [2.45, 2.75) is 13.0 Å². The first-order valence-corrected chi connectivity index (χ1v) is 4.97. The first kappa shape index (κ1) is 11.8. The Morgan fingerprint density at radius 2 is 2.27 bits per heavy atom. The van der Waals surface area contributed by atoms with Gasteiger partial charge in [-0.2, -0.15) is 0 Å². The molecule has 0 heterocycles. The lowest BCUT2D eigenvalue weighted by atomic mass is 10.1. The van der Waals surface area contributed by atoms with Crippen molar-refractivity contribution in [1.29, 1.82) is 0 Å². The van der Waals surface area contributed by atoms with Gasteiger partial charge in [0.2, 0.25) is 0 Å². The lowest BCUT2D eigenvalue weighted by Gasteiger charge is -2.12. The molecule has 0 spiro atoms. The van der Waals surface area contributed by atoms with Crippen LogP contribution in [-0.4, -0.2) is 18.5 Å². The van der Waals surface area contributed by atoms with Gasteiger partial charge in [-0.25, -0.2) is 0 Å². The Balaban J connectivity index is 2.91. The van der Waals surface area contributed by atoms with Crippen molar-refractivity contribution in [3.63, 3.8) is 0 Å². The van der Waals surface area contributed by atoms with Crippen LogP contribution in [0.1, 0.15) is 17.3 Å². The molecule has 0 saturated carbocycles. The van der Waals surface area contributed by atoms with Gasteiger partial charge >= 0.3 is 0 Å². The minimum Gasteiger partial charge on any atom is -0.383 e. The largest absolute Gasteiger partial charge is 0.383 e. The van der Waals surface area contributed by atoms with Crippen LogP contribution in [0.15, 0.2) is 18.2 Å². The van der Waals surface area contributed by atoms with E-state index in [4.69, 9.17) is 23.1 Å². The third-order valence-electron chi connectivity index (χ3n) is 1.86. The number of primary amides is 1. The Hall–Kier alpha value is -1.26. The molecule has 0 aliphatic carbocycles. The number of amides is 1. The third kappa shape index (κ3) is 3.42. The standard InChI is InChI=1S/C10H14ClN3O/c1-6(12)5-14-9-3-2-7(11)4-8(9)10(13)15/h2-4,6,14H,5,12H2,1H3,(H2,13,15). The van der Waals surface area contributed by atoms with Crippen molar-refractivity contribution < 1.29 is 4.79 Å². The molecule has 4 nitrogen and oxygen atoms in total. The third-order valence-corrected chi connectivity index (χ3v) is 2.10. The molecule has 1 atom stereocenters. The first-order chi connectivity index (χ1) is 7.00. The summed E-state index contributed by atoms with van der Waals surface area (Å²) >= 11 is 5.76. The van der Waals surface area contributed by atoms with Crippen molar-refractivity contribution in [3.05, 3.63) is 28.8 Å². The molecule has 0 aliphatic rings. The highest BCUT2D eigenvalue weighted by atomic mass is 35.5. The summed E-state index contributed by atoms with van der Waals surface area (Å²) in [5.74, 6) is -0.510. The smallest absolute Gasteiger partial charge is 0.250 e. The van der Waals surface area contributed by atoms with E-state index in [2.05, 4.69) is 5.32 Å². The predicted octanol–water partition coefficient (Wildman–Crippen LogP) is 1.20. The van der Waals surface area contributed by atoms with Crippen LogP contribution in [0, 0.1) is 0 Å². The summed E-state index contributed by atoms with van der Waals surface area (Å²) in [6.07, 6.45) is 0. The number of carbonyl (C=O) groups is 1. The second kappa shape index (κ2) is 5.00. The molecule has 0 radical (unpaired) electrons. The van der Waals surface area contributed by atoms with E-state index >= 15 is 0 Å². The minimum absolute atomic E-state index is 0.00130. The summed E-state index contributed by atoms with van der Waals surface area (Å²) in [4.78, 5) is 11.1. The molecule has 0 fully saturated rings. The van der Waals surface area contributed by atoms with Crippen LogP contribution in [0.25, 0.3) is 0 Å². The molecular formula is C10H14ClN3O. The zero-order valence-corrected chi connectivity index (χ0v) is 9.21. The van der Waals surface area contributed by atoms with Crippen molar-refractivity contribution in [1.82, 2.24) is 0 Å². The van der Waals surface area contributed by atoms with Crippen molar-refractivity contribution in [3.8, 4) is 0 Å². The maximum Gasteiger partial charge on any atom is 0.250 e. The van der Waals surface area contributed by atoms with E-state index in [9.17, 15) is 4.79 Å². The highest BCUT2D eigenvalue weighted by Gasteiger charge is 2.08. The van der Waals surface area contributed by atoms with Crippen LogP contribution >= 0.6 is 11.6 Å². The molecule has 1 aromatic carbocycles. The number of halogens is 1. The van der Waals surface area contributed by atoms with E-state index in [0.717, 1.165) is 0 Å². The summed E-state index contributed by atoms with van der Waals surface area (Å²) in [6.45, 7) is 2.44. The molecule has 5 N–H and O–H groups in total. The Morgan fingerprint density at radius 1 is 1.60 bits per heavy atom. The highest BCUT2D eigenvalue weighted by Crippen LogP contribution is 2.20. The monoisotopic (exact) mass is 227 g/mol. The normalized spacial score (nSPS) is 12.2. The Labute approximate surface area is 93.6 Å². The Bertz CT molecular complexity index is 366. The number of hydrogen-bond acceptors (Lipinski definition) is 3. The summed E-state index contributed by atoms with van der Waals surface area (Å²) in [7, 11) is 0. The number of rotatable bonds is 4. The zero-order valence-electron chi connectivity index (χ0n) is 8.46. The summed E-state index contributed by atoms with van der Waals surface area (Å²) in [5.41, 5.74) is 11.8. The van der Waals surface area contributed by atoms with E-state index in [1.54, 1.807) is 12.1 Å². The van der Waals surface area contributed by atoms with Crippen LogP contribution in [-0.2, 0) is 0 Å². The zero-order chi connectivity index (χ0) is 11.4. The van der Waals surface area contributed by atoms with Crippen LogP contribution in [0.2, 0.25) is 5.02 Å². The first-order valence-electron chi connectivity index (χ1n) is 4.59. The predicted molar refractivity (Wildman–Crippen MR) is 62.1 cm³/mol. The Morgan fingerprint density at radius 3 is 2.80 bits per heavy atom. The van der Waals surface area contributed by atoms with Crippen LogP contribution in [0.4, 0.5) is 5.69 Å². The van der Waals surface area contributed by atoms with Crippen LogP contribution in [0.3, 0.4) is 0 Å². The molecule has 1 amide bonds. The molecular weight excluding hydrogens is 214 g/mol. The molecule has 0 aromatic heterocycles. The molecule has 5 heteroatoms. The topological polar surface area (TPSA) is 81.1 Å². The summed E-state index contributed by atoms with van der Waals surface area (Å²) in [6, 6.07) is 4.94. The molecule has 1 aromatic rings. The molecule has 0 aliphatic heterocycles. The van der Waals surface area contributed by atoms with E-state index < -0.39 is 5.91 Å². The maximum atomic E-state index is 11.1. The lowest BCUT2D eigenvalue weighted by Crippen LogP contribution is -2.26. The minimum atomic E-state index is -0.510. The van der Waals surface area contributed by atoms with Gasteiger partial charge in [0.15, 0.2) is 0 Å². The van der Waals surface area contributed by atoms with Gasteiger partial charge in [0.05, 0.1) is 5.56 Å². The fourth-order valence-corrected chi connectivity index (χ4v) is 1.32. The quantitative estimate of drug-likeness (QED) is 0.723. The molecule has 0 saturated heterocycles. The number of anilines is 1. The second-order valence-corrected chi connectivity index (χ2v) is 3.85. The van der Waals surface area contributed by atoms with Gasteiger partial charge < -0.3 is 16.8 Å². The highest BCUT2D eigenvalue weighted by molar-refractivity contribution is 6.31. The number of nitrogens with two attached hydrogens (primary N) is 2. The number of benzene rings is 1. The number of carbonyl (C=O) groups excluding carboxylic acids is 1. The van der Waals surface area contributed by atoms with Gasteiger partial charge in [-0.15, -0.1) is 0 Å². The second-order valence-electron chi connectivity index (χ2n) is 3.41. The molecule has 1 unspecified atom stereocenters.